The number of nitrogens with one attached hydrogen (secondary N) is 1. The fraction of sp³-hybridized carbons (Fsp3) is 0.647. The molecule has 2 nitrogen and oxygen atoms in total. The van der Waals surface area contributed by atoms with Gasteiger partial charge in [0.1, 0.15) is 11.6 Å². The zero-order valence-electron chi connectivity index (χ0n) is 13.2. The Balaban J connectivity index is 2.16. The Morgan fingerprint density at radius 1 is 1.29 bits per heavy atom. The zero-order valence-corrected chi connectivity index (χ0v) is 13.2. The van der Waals surface area contributed by atoms with E-state index in [1.54, 1.807) is 0 Å². The number of nitrogens with zero attached hydrogens (tertiary/aromatic N) is 1. The van der Waals surface area contributed by atoms with E-state index in [4.69, 9.17) is 0 Å². The molecule has 1 aliphatic heterocycles. The van der Waals surface area contributed by atoms with Gasteiger partial charge in [-0.15, -0.1) is 0 Å². The van der Waals surface area contributed by atoms with E-state index in [1.165, 1.54) is 18.2 Å². The predicted octanol–water partition coefficient (Wildman–Crippen LogP) is 3.56. The highest BCUT2D eigenvalue weighted by molar-refractivity contribution is 5.20. The van der Waals surface area contributed by atoms with E-state index in [-0.39, 0.29) is 5.56 Å². The van der Waals surface area contributed by atoms with Crippen LogP contribution in [0.1, 0.15) is 39.2 Å². The Morgan fingerprint density at radius 2 is 1.95 bits per heavy atom. The van der Waals surface area contributed by atoms with Crippen LogP contribution in [0.5, 0.6) is 0 Å². The summed E-state index contributed by atoms with van der Waals surface area (Å²) < 4.78 is 27.8. The van der Waals surface area contributed by atoms with Gasteiger partial charge in [-0.1, -0.05) is 33.3 Å². The maximum Gasteiger partial charge on any atom is 0.130 e. The first kappa shape index (κ1) is 16.4. The quantitative estimate of drug-likeness (QED) is 0.893. The summed E-state index contributed by atoms with van der Waals surface area (Å²) in [6, 6.07) is 4.84. The number of benzene rings is 1. The molecule has 0 aliphatic carbocycles. The van der Waals surface area contributed by atoms with Crippen LogP contribution >= 0.6 is 0 Å². The molecule has 2 rings (SSSR count). The van der Waals surface area contributed by atoms with Crippen LogP contribution in [0.4, 0.5) is 8.78 Å². The molecule has 1 aromatic rings. The molecule has 0 spiro atoms. The summed E-state index contributed by atoms with van der Waals surface area (Å²) in [6.07, 6.45) is 2.13. The molecule has 0 radical (unpaired) electrons. The van der Waals surface area contributed by atoms with Crippen molar-refractivity contribution < 1.29 is 8.78 Å². The van der Waals surface area contributed by atoms with Gasteiger partial charge in [-0.3, -0.25) is 4.90 Å². The van der Waals surface area contributed by atoms with E-state index in [0.29, 0.717) is 24.5 Å². The smallest absolute Gasteiger partial charge is 0.130 e. The molecule has 21 heavy (non-hydrogen) atoms. The molecule has 1 saturated heterocycles. The van der Waals surface area contributed by atoms with Crippen molar-refractivity contribution in [2.75, 3.05) is 13.1 Å². The SMILES string of the molecule is CCCC1CNC(C(C)C)CN1Cc1c(F)cccc1F. The minimum Gasteiger partial charge on any atom is -0.311 e. The first-order valence-corrected chi connectivity index (χ1v) is 7.93. The Morgan fingerprint density at radius 3 is 2.52 bits per heavy atom. The van der Waals surface area contributed by atoms with Crippen molar-refractivity contribution in [3.8, 4) is 0 Å². The number of piperazine rings is 1. The van der Waals surface area contributed by atoms with Gasteiger partial charge in [-0.2, -0.15) is 0 Å². The molecule has 1 N–H and O–H groups in total. The fourth-order valence-electron chi connectivity index (χ4n) is 3.03. The summed E-state index contributed by atoms with van der Waals surface area (Å²) in [5, 5.41) is 3.57. The van der Waals surface area contributed by atoms with E-state index >= 15 is 0 Å². The Kier molecular flexibility index (Phi) is 5.71. The highest BCUT2D eigenvalue weighted by atomic mass is 19.1. The Bertz CT molecular complexity index is 442. The Labute approximate surface area is 126 Å². The largest absolute Gasteiger partial charge is 0.311 e. The molecule has 2 unspecified atom stereocenters. The summed E-state index contributed by atoms with van der Waals surface area (Å²) in [5.41, 5.74) is 0.197. The lowest BCUT2D eigenvalue weighted by Gasteiger charge is -2.42. The first-order valence-electron chi connectivity index (χ1n) is 7.93. The molecule has 1 aromatic carbocycles. The number of halogens is 2. The maximum absolute atomic E-state index is 13.9. The lowest BCUT2D eigenvalue weighted by atomic mass is 9.97. The molecule has 0 aromatic heterocycles. The monoisotopic (exact) mass is 296 g/mol. The van der Waals surface area contributed by atoms with Gasteiger partial charge in [0.15, 0.2) is 0 Å². The van der Waals surface area contributed by atoms with E-state index in [9.17, 15) is 8.78 Å². The molecule has 1 aliphatic rings. The standard InChI is InChI=1S/C17H26F2N2/c1-4-6-13-9-20-17(12(2)3)11-21(13)10-14-15(18)7-5-8-16(14)19/h5,7-8,12-13,17,20H,4,6,9-11H2,1-3H3. The second kappa shape index (κ2) is 7.32. The average molecular weight is 296 g/mol. The zero-order chi connectivity index (χ0) is 15.4. The van der Waals surface area contributed by atoms with Crippen LogP contribution in [0.25, 0.3) is 0 Å². The van der Waals surface area contributed by atoms with Crippen LogP contribution in [0, 0.1) is 17.6 Å². The molecule has 118 valence electrons. The average Bonchev–Trinajstić information content (AvgIpc) is 2.44. The van der Waals surface area contributed by atoms with Crippen molar-refractivity contribution in [2.45, 2.75) is 52.2 Å². The maximum atomic E-state index is 13.9. The van der Waals surface area contributed by atoms with Crippen molar-refractivity contribution in [3.05, 3.63) is 35.4 Å². The minimum atomic E-state index is -0.440. The van der Waals surface area contributed by atoms with E-state index in [1.807, 2.05) is 0 Å². The van der Waals surface area contributed by atoms with E-state index < -0.39 is 11.6 Å². The summed E-state index contributed by atoms with van der Waals surface area (Å²) in [6.45, 7) is 8.60. The van der Waals surface area contributed by atoms with Gasteiger partial charge >= 0.3 is 0 Å². The highest BCUT2D eigenvalue weighted by Crippen LogP contribution is 2.21. The number of hydrogen-bond acceptors (Lipinski definition) is 2. The van der Waals surface area contributed by atoms with E-state index in [2.05, 4.69) is 31.0 Å². The fourth-order valence-corrected chi connectivity index (χ4v) is 3.03. The van der Waals surface area contributed by atoms with Crippen LogP contribution in [-0.4, -0.2) is 30.1 Å². The third-order valence-corrected chi connectivity index (χ3v) is 4.41. The van der Waals surface area contributed by atoms with Crippen molar-refractivity contribution in [2.24, 2.45) is 5.92 Å². The normalized spacial score (nSPS) is 23.7. The molecular formula is C17H26F2N2. The van der Waals surface area contributed by atoms with Crippen molar-refractivity contribution in [1.29, 1.82) is 0 Å². The van der Waals surface area contributed by atoms with Crippen molar-refractivity contribution in [3.63, 3.8) is 0 Å². The molecule has 1 fully saturated rings. The van der Waals surface area contributed by atoms with E-state index in [0.717, 1.165) is 25.9 Å². The predicted molar refractivity (Wildman–Crippen MR) is 82.1 cm³/mol. The van der Waals surface area contributed by atoms with Gasteiger partial charge in [-0.25, -0.2) is 8.78 Å². The highest BCUT2D eigenvalue weighted by Gasteiger charge is 2.29. The van der Waals surface area contributed by atoms with Crippen LogP contribution in [0.15, 0.2) is 18.2 Å². The summed E-state index contributed by atoms with van der Waals surface area (Å²) in [5.74, 6) is -0.365. The summed E-state index contributed by atoms with van der Waals surface area (Å²) in [4.78, 5) is 2.24. The second-order valence-electron chi connectivity index (χ2n) is 6.33. The third kappa shape index (κ3) is 4.01. The summed E-state index contributed by atoms with van der Waals surface area (Å²) >= 11 is 0. The van der Waals surface area contributed by atoms with Crippen LogP contribution < -0.4 is 5.32 Å². The van der Waals surface area contributed by atoms with Gasteiger partial charge < -0.3 is 5.32 Å². The molecule has 2 atom stereocenters. The lowest BCUT2D eigenvalue weighted by molar-refractivity contribution is 0.0973. The van der Waals surface area contributed by atoms with Crippen LogP contribution in [0.2, 0.25) is 0 Å². The van der Waals surface area contributed by atoms with Gasteiger partial charge in [0, 0.05) is 37.3 Å². The lowest BCUT2D eigenvalue weighted by Crippen LogP contribution is -2.57. The molecule has 1 heterocycles. The van der Waals surface area contributed by atoms with Crippen LogP contribution in [0.3, 0.4) is 0 Å². The molecule has 0 saturated carbocycles. The van der Waals surface area contributed by atoms with Crippen molar-refractivity contribution >= 4 is 0 Å². The third-order valence-electron chi connectivity index (χ3n) is 4.41. The second-order valence-corrected chi connectivity index (χ2v) is 6.33. The molecule has 0 bridgehead atoms. The van der Waals surface area contributed by atoms with Gasteiger partial charge in [0.25, 0.3) is 0 Å². The summed E-state index contributed by atoms with van der Waals surface area (Å²) in [7, 11) is 0. The van der Waals surface area contributed by atoms with Gasteiger partial charge in [0.05, 0.1) is 0 Å². The molecule has 4 heteroatoms. The molecule has 0 amide bonds. The first-order chi connectivity index (χ1) is 10.0. The number of hydrogen-bond donors (Lipinski definition) is 1. The number of rotatable bonds is 5. The van der Waals surface area contributed by atoms with Gasteiger partial charge in [0.2, 0.25) is 0 Å². The Hall–Kier alpha value is -1.00. The van der Waals surface area contributed by atoms with Crippen molar-refractivity contribution in [1.82, 2.24) is 10.2 Å². The van der Waals surface area contributed by atoms with Crippen LogP contribution in [-0.2, 0) is 6.54 Å². The van der Waals surface area contributed by atoms with Gasteiger partial charge in [-0.05, 0) is 24.5 Å². The minimum absolute atomic E-state index is 0.197. The topological polar surface area (TPSA) is 15.3 Å². The molecular weight excluding hydrogens is 270 g/mol.